The second-order valence-electron chi connectivity index (χ2n) is 6.92. The lowest BCUT2D eigenvalue weighted by Crippen LogP contribution is -2.56. The Morgan fingerprint density at radius 3 is 2.64 bits per heavy atom. The lowest BCUT2D eigenvalue weighted by molar-refractivity contribution is -0.230. The SMILES string of the molecule is C=CCCCO[C@H]1C[C@@H](NS(=O)(=O)c2ccc(C)cc2)[C@@H](OC(C)=O)[C@H](C)O1. The second kappa shape index (κ2) is 10.2. The van der Waals surface area contributed by atoms with Crippen molar-refractivity contribution in [3.05, 3.63) is 42.5 Å². The monoisotopic (exact) mass is 411 g/mol. The van der Waals surface area contributed by atoms with Gasteiger partial charge in [-0.15, -0.1) is 6.58 Å². The molecule has 0 saturated carbocycles. The van der Waals surface area contributed by atoms with E-state index < -0.39 is 40.5 Å². The number of unbranched alkanes of at least 4 members (excludes halogenated alkanes) is 1. The number of nitrogens with one attached hydrogen (secondary N) is 1. The number of ether oxygens (including phenoxy) is 3. The summed E-state index contributed by atoms with van der Waals surface area (Å²) in [6.07, 6.45) is 1.81. The molecule has 0 bridgehead atoms. The van der Waals surface area contributed by atoms with E-state index in [9.17, 15) is 13.2 Å². The van der Waals surface area contributed by atoms with Crippen LogP contribution in [0.15, 0.2) is 41.8 Å². The van der Waals surface area contributed by atoms with Gasteiger partial charge in [-0.25, -0.2) is 13.1 Å². The van der Waals surface area contributed by atoms with E-state index >= 15 is 0 Å². The number of aryl methyl sites for hydroxylation is 1. The maximum Gasteiger partial charge on any atom is 0.303 e. The summed E-state index contributed by atoms with van der Waals surface area (Å²) >= 11 is 0. The molecule has 0 radical (unpaired) electrons. The average molecular weight is 412 g/mol. The molecule has 7 nitrogen and oxygen atoms in total. The van der Waals surface area contributed by atoms with Gasteiger partial charge in [-0.05, 0) is 38.8 Å². The van der Waals surface area contributed by atoms with Gasteiger partial charge >= 0.3 is 5.97 Å². The number of esters is 1. The number of carbonyl (C=O) groups is 1. The van der Waals surface area contributed by atoms with Gasteiger partial charge in [-0.3, -0.25) is 4.79 Å². The summed E-state index contributed by atoms with van der Waals surface area (Å²) in [7, 11) is -3.79. The predicted molar refractivity (Wildman–Crippen MR) is 105 cm³/mol. The Bertz CT molecular complexity index is 761. The molecular formula is C20H29NO6S. The molecule has 1 N–H and O–H groups in total. The van der Waals surface area contributed by atoms with E-state index in [1.165, 1.54) is 6.92 Å². The van der Waals surface area contributed by atoms with Crippen LogP contribution in [0.25, 0.3) is 0 Å². The van der Waals surface area contributed by atoms with Crippen LogP contribution in [-0.2, 0) is 29.0 Å². The fourth-order valence-corrected chi connectivity index (χ4v) is 4.32. The Hall–Kier alpha value is -1.74. The van der Waals surface area contributed by atoms with Crippen molar-refractivity contribution in [2.45, 2.75) is 69.5 Å². The Labute approximate surface area is 167 Å². The number of benzene rings is 1. The summed E-state index contributed by atoms with van der Waals surface area (Å²) in [6, 6.07) is 5.89. The molecule has 0 aliphatic carbocycles. The molecule has 28 heavy (non-hydrogen) atoms. The van der Waals surface area contributed by atoms with Crippen LogP contribution in [0, 0.1) is 6.92 Å². The van der Waals surface area contributed by atoms with E-state index in [4.69, 9.17) is 14.2 Å². The minimum absolute atomic E-state index is 0.155. The van der Waals surface area contributed by atoms with E-state index in [1.54, 1.807) is 31.2 Å². The molecule has 0 unspecified atom stereocenters. The number of rotatable bonds is 9. The van der Waals surface area contributed by atoms with E-state index in [2.05, 4.69) is 11.3 Å². The number of sulfonamides is 1. The zero-order valence-corrected chi connectivity index (χ0v) is 17.4. The van der Waals surface area contributed by atoms with Crippen molar-refractivity contribution in [1.29, 1.82) is 0 Å². The smallest absolute Gasteiger partial charge is 0.303 e. The highest BCUT2D eigenvalue weighted by Crippen LogP contribution is 2.25. The van der Waals surface area contributed by atoms with Gasteiger partial charge in [-0.1, -0.05) is 23.8 Å². The van der Waals surface area contributed by atoms with Gasteiger partial charge in [0.25, 0.3) is 0 Å². The number of carbonyl (C=O) groups excluding carboxylic acids is 1. The Kier molecular flexibility index (Phi) is 8.18. The third-order valence-corrected chi connectivity index (χ3v) is 5.97. The quantitative estimate of drug-likeness (QED) is 0.382. The molecule has 1 aliphatic heterocycles. The van der Waals surface area contributed by atoms with Crippen molar-refractivity contribution in [2.75, 3.05) is 6.61 Å². The van der Waals surface area contributed by atoms with Crippen molar-refractivity contribution in [3.8, 4) is 0 Å². The van der Waals surface area contributed by atoms with Crippen molar-refractivity contribution in [2.24, 2.45) is 0 Å². The van der Waals surface area contributed by atoms with Gasteiger partial charge in [-0.2, -0.15) is 0 Å². The van der Waals surface area contributed by atoms with Crippen LogP contribution in [0.5, 0.6) is 0 Å². The van der Waals surface area contributed by atoms with Crippen molar-refractivity contribution in [3.63, 3.8) is 0 Å². The van der Waals surface area contributed by atoms with Crippen molar-refractivity contribution < 1.29 is 27.4 Å². The van der Waals surface area contributed by atoms with Crippen LogP contribution in [-0.4, -0.2) is 45.5 Å². The highest BCUT2D eigenvalue weighted by atomic mass is 32.2. The first kappa shape index (κ1) is 22.5. The zero-order valence-electron chi connectivity index (χ0n) is 16.6. The normalized spacial score (nSPS) is 25.2. The fourth-order valence-electron chi connectivity index (χ4n) is 3.06. The van der Waals surface area contributed by atoms with Crippen LogP contribution < -0.4 is 4.72 Å². The summed E-state index contributed by atoms with van der Waals surface area (Å²) in [5, 5.41) is 0. The topological polar surface area (TPSA) is 90.9 Å². The van der Waals surface area contributed by atoms with Crippen LogP contribution in [0.2, 0.25) is 0 Å². The largest absolute Gasteiger partial charge is 0.458 e. The fraction of sp³-hybridized carbons (Fsp3) is 0.550. The minimum Gasteiger partial charge on any atom is -0.458 e. The molecule has 1 aliphatic rings. The molecule has 4 atom stereocenters. The maximum absolute atomic E-state index is 12.8. The number of allylic oxidation sites excluding steroid dienone is 1. The molecule has 1 aromatic carbocycles. The highest BCUT2D eigenvalue weighted by molar-refractivity contribution is 7.89. The minimum atomic E-state index is -3.79. The first-order valence-electron chi connectivity index (χ1n) is 9.37. The molecular weight excluding hydrogens is 382 g/mol. The van der Waals surface area contributed by atoms with E-state index in [1.807, 2.05) is 13.0 Å². The first-order chi connectivity index (χ1) is 13.2. The van der Waals surface area contributed by atoms with Gasteiger partial charge in [0.2, 0.25) is 10.0 Å². The van der Waals surface area contributed by atoms with Crippen molar-refractivity contribution >= 4 is 16.0 Å². The molecule has 0 amide bonds. The molecule has 2 rings (SSSR count). The van der Waals surface area contributed by atoms with E-state index in [-0.39, 0.29) is 11.3 Å². The molecule has 8 heteroatoms. The summed E-state index contributed by atoms with van der Waals surface area (Å²) < 4.78 is 45.2. The van der Waals surface area contributed by atoms with Gasteiger partial charge in [0, 0.05) is 13.3 Å². The Morgan fingerprint density at radius 2 is 2.04 bits per heavy atom. The number of hydrogen-bond donors (Lipinski definition) is 1. The molecule has 0 aromatic heterocycles. The lowest BCUT2D eigenvalue weighted by atomic mass is 10.0. The molecule has 1 aromatic rings. The van der Waals surface area contributed by atoms with Crippen LogP contribution in [0.3, 0.4) is 0 Å². The molecule has 156 valence electrons. The third kappa shape index (κ3) is 6.41. The first-order valence-corrected chi connectivity index (χ1v) is 10.9. The molecule has 1 fully saturated rings. The van der Waals surface area contributed by atoms with E-state index in [0.717, 1.165) is 18.4 Å². The molecule has 0 spiro atoms. The standard InChI is InChI=1S/C20H29NO6S/c1-5-6-7-12-25-19-13-18(20(15(3)26-19)27-16(4)22)21-28(23,24)17-10-8-14(2)9-11-17/h5,8-11,15,18-21H,1,6-7,12-13H2,2-4H3/t15-,18+,19+,20-/m0/s1. The second-order valence-corrected chi connectivity index (χ2v) is 8.64. The highest BCUT2D eigenvalue weighted by Gasteiger charge is 2.41. The summed E-state index contributed by atoms with van der Waals surface area (Å²) in [5.41, 5.74) is 0.962. The molecule has 1 heterocycles. The Balaban J connectivity index is 2.15. The van der Waals surface area contributed by atoms with Gasteiger partial charge in [0.05, 0.1) is 23.6 Å². The van der Waals surface area contributed by atoms with Crippen LogP contribution >= 0.6 is 0 Å². The third-order valence-electron chi connectivity index (χ3n) is 4.47. The molecule has 1 saturated heterocycles. The Morgan fingerprint density at radius 1 is 1.36 bits per heavy atom. The van der Waals surface area contributed by atoms with Crippen molar-refractivity contribution in [1.82, 2.24) is 4.72 Å². The summed E-state index contributed by atoms with van der Waals surface area (Å²) in [5.74, 6) is -0.495. The van der Waals surface area contributed by atoms with Gasteiger partial charge in [0.15, 0.2) is 6.29 Å². The van der Waals surface area contributed by atoms with Gasteiger partial charge < -0.3 is 14.2 Å². The van der Waals surface area contributed by atoms with Crippen LogP contribution in [0.1, 0.15) is 38.7 Å². The number of hydrogen-bond acceptors (Lipinski definition) is 6. The van der Waals surface area contributed by atoms with E-state index in [0.29, 0.717) is 6.61 Å². The zero-order chi connectivity index (χ0) is 20.7. The predicted octanol–water partition coefficient (Wildman–Crippen LogP) is 2.69. The maximum atomic E-state index is 12.8. The summed E-state index contributed by atoms with van der Waals surface area (Å²) in [4.78, 5) is 11.7. The van der Waals surface area contributed by atoms with Crippen LogP contribution in [0.4, 0.5) is 0 Å². The summed E-state index contributed by atoms with van der Waals surface area (Å²) in [6.45, 7) is 9.05. The average Bonchev–Trinajstić information content (AvgIpc) is 2.61. The van der Waals surface area contributed by atoms with Gasteiger partial charge in [0.1, 0.15) is 6.10 Å². The lowest BCUT2D eigenvalue weighted by Gasteiger charge is -2.39.